The van der Waals surface area contributed by atoms with E-state index < -0.39 is 17.7 Å². The fourth-order valence-corrected chi connectivity index (χ4v) is 1.91. The van der Waals surface area contributed by atoms with E-state index in [1.165, 1.54) is 18.2 Å². The fourth-order valence-electron chi connectivity index (χ4n) is 1.91. The molecular weight excluding hydrogens is 262 g/mol. The summed E-state index contributed by atoms with van der Waals surface area (Å²) in [6, 6.07) is 5.97. The van der Waals surface area contributed by atoms with Gasteiger partial charge in [-0.05, 0) is 25.1 Å². The van der Waals surface area contributed by atoms with Crippen molar-refractivity contribution in [3.63, 3.8) is 0 Å². The first-order valence-corrected chi connectivity index (χ1v) is 5.79. The number of carbonyl (C=O) groups is 3. The van der Waals surface area contributed by atoms with E-state index in [1.54, 1.807) is 13.0 Å². The Labute approximate surface area is 112 Å². The molecule has 0 aliphatic carbocycles. The van der Waals surface area contributed by atoms with E-state index in [2.05, 4.69) is 15.8 Å². The summed E-state index contributed by atoms with van der Waals surface area (Å²) in [4.78, 5) is 34.8. The van der Waals surface area contributed by atoms with Crippen LogP contribution in [-0.2, 0) is 0 Å². The smallest absolute Gasteiger partial charge is 0.277 e. The Bertz CT molecular complexity index is 748. The minimum Gasteiger partial charge on any atom is -0.361 e. The number of aromatic nitrogens is 1. The van der Waals surface area contributed by atoms with Crippen molar-refractivity contribution in [1.82, 2.24) is 10.5 Å². The summed E-state index contributed by atoms with van der Waals surface area (Å²) in [6.45, 7) is 1.68. The van der Waals surface area contributed by atoms with Crippen LogP contribution in [0.2, 0.25) is 0 Å². The first-order valence-electron chi connectivity index (χ1n) is 5.79. The van der Waals surface area contributed by atoms with E-state index in [-0.39, 0.29) is 11.3 Å². The average molecular weight is 271 g/mol. The summed E-state index contributed by atoms with van der Waals surface area (Å²) in [5.74, 6) is -0.839. The van der Waals surface area contributed by atoms with Crippen molar-refractivity contribution < 1.29 is 18.9 Å². The maximum Gasteiger partial charge on any atom is 0.277 e. The molecule has 7 heteroatoms. The van der Waals surface area contributed by atoms with E-state index in [0.717, 1.165) is 0 Å². The molecule has 0 saturated carbocycles. The van der Waals surface area contributed by atoms with Crippen LogP contribution in [0.3, 0.4) is 0 Å². The standard InChI is InChI=1S/C13H9N3O4/c1-6-4-10(16-20-6)13(19)14-7-2-3-8-9(5-7)12(18)15-11(8)17/h2-5H,1H3,(H,14,19)(H,15,17,18). The summed E-state index contributed by atoms with van der Waals surface area (Å²) in [5, 5.41) is 8.35. The number of benzene rings is 1. The zero-order chi connectivity index (χ0) is 14.3. The van der Waals surface area contributed by atoms with Gasteiger partial charge in [0.2, 0.25) is 0 Å². The third kappa shape index (κ3) is 1.95. The molecule has 0 unspecified atom stereocenters. The van der Waals surface area contributed by atoms with Gasteiger partial charge in [0, 0.05) is 11.8 Å². The first-order chi connectivity index (χ1) is 9.54. The summed E-state index contributed by atoms with van der Waals surface area (Å²) in [7, 11) is 0. The van der Waals surface area contributed by atoms with Crippen molar-refractivity contribution in [2.75, 3.05) is 5.32 Å². The molecule has 2 aromatic rings. The number of nitrogens with one attached hydrogen (secondary N) is 2. The Kier molecular flexibility index (Phi) is 2.60. The molecule has 3 rings (SSSR count). The molecule has 0 radical (unpaired) electrons. The van der Waals surface area contributed by atoms with Crippen LogP contribution in [0.4, 0.5) is 5.69 Å². The summed E-state index contributed by atoms with van der Waals surface area (Å²) in [5.41, 5.74) is 1.08. The van der Waals surface area contributed by atoms with Crippen molar-refractivity contribution in [2.24, 2.45) is 0 Å². The first kappa shape index (κ1) is 12.1. The highest BCUT2D eigenvalue weighted by Gasteiger charge is 2.26. The highest BCUT2D eigenvalue weighted by molar-refractivity contribution is 6.22. The minimum atomic E-state index is -0.474. The van der Waals surface area contributed by atoms with E-state index in [4.69, 9.17) is 4.52 Å². The van der Waals surface area contributed by atoms with Gasteiger partial charge in [-0.25, -0.2) is 0 Å². The number of amides is 3. The van der Waals surface area contributed by atoms with Crippen molar-refractivity contribution in [3.05, 3.63) is 46.8 Å². The van der Waals surface area contributed by atoms with E-state index >= 15 is 0 Å². The Hall–Kier alpha value is -2.96. The van der Waals surface area contributed by atoms with E-state index in [9.17, 15) is 14.4 Å². The number of imide groups is 1. The number of fused-ring (bicyclic) bond motifs is 1. The number of anilines is 1. The minimum absolute atomic E-state index is 0.142. The van der Waals surface area contributed by atoms with Crippen molar-refractivity contribution in [3.8, 4) is 0 Å². The van der Waals surface area contributed by atoms with Gasteiger partial charge in [0.1, 0.15) is 5.76 Å². The van der Waals surface area contributed by atoms with Gasteiger partial charge < -0.3 is 9.84 Å². The van der Waals surface area contributed by atoms with Crippen LogP contribution >= 0.6 is 0 Å². The fraction of sp³-hybridized carbons (Fsp3) is 0.0769. The average Bonchev–Trinajstić information content (AvgIpc) is 2.95. The highest BCUT2D eigenvalue weighted by atomic mass is 16.5. The number of nitrogens with zero attached hydrogens (tertiary/aromatic N) is 1. The molecule has 2 N–H and O–H groups in total. The Morgan fingerprint density at radius 2 is 1.95 bits per heavy atom. The van der Waals surface area contributed by atoms with Gasteiger partial charge in [0.15, 0.2) is 5.69 Å². The second-order valence-corrected chi connectivity index (χ2v) is 4.32. The van der Waals surface area contributed by atoms with Gasteiger partial charge in [0.05, 0.1) is 11.1 Å². The largest absolute Gasteiger partial charge is 0.361 e. The molecule has 0 fully saturated rings. The molecule has 100 valence electrons. The Morgan fingerprint density at radius 3 is 2.65 bits per heavy atom. The lowest BCUT2D eigenvalue weighted by Crippen LogP contribution is -2.19. The molecule has 0 atom stereocenters. The Balaban J connectivity index is 1.86. The quantitative estimate of drug-likeness (QED) is 0.797. The third-order valence-corrected chi connectivity index (χ3v) is 2.85. The van der Waals surface area contributed by atoms with Gasteiger partial charge >= 0.3 is 0 Å². The number of rotatable bonds is 2. The van der Waals surface area contributed by atoms with Crippen LogP contribution in [0.1, 0.15) is 37.0 Å². The zero-order valence-electron chi connectivity index (χ0n) is 10.4. The van der Waals surface area contributed by atoms with Crippen LogP contribution in [0.5, 0.6) is 0 Å². The van der Waals surface area contributed by atoms with Crippen LogP contribution < -0.4 is 10.6 Å². The van der Waals surface area contributed by atoms with Crippen LogP contribution in [0.15, 0.2) is 28.8 Å². The lowest BCUT2D eigenvalue weighted by atomic mass is 10.1. The summed E-state index contributed by atoms with van der Waals surface area (Å²) < 4.78 is 4.81. The number of hydrogen-bond acceptors (Lipinski definition) is 5. The zero-order valence-corrected chi connectivity index (χ0v) is 10.4. The summed E-state index contributed by atoms with van der Waals surface area (Å²) in [6.07, 6.45) is 0. The van der Waals surface area contributed by atoms with Crippen LogP contribution in [0.25, 0.3) is 0 Å². The number of aryl methyl sites for hydroxylation is 1. The van der Waals surface area contributed by atoms with Crippen molar-refractivity contribution in [2.45, 2.75) is 6.92 Å². The second-order valence-electron chi connectivity index (χ2n) is 4.32. The van der Waals surface area contributed by atoms with Gasteiger partial charge in [-0.3, -0.25) is 19.7 Å². The lowest BCUT2D eigenvalue weighted by molar-refractivity contribution is 0.0878. The molecule has 0 saturated heterocycles. The van der Waals surface area contributed by atoms with Gasteiger partial charge in [-0.2, -0.15) is 0 Å². The predicted molar refractivity (Wildman–Crippen MR) is 67.4 cm³/mol. The van der Waals surface area contributed by atoms with Gasteiger partial charge in [-0.1, -0.05) is 5.16 Å². The normalized spacial score (nSPS) is 13.1. The lowest BCUT2D eigenvalue weighted by Gasteiger charge is -2.03. The SMILES string of the molecule is Cc1cc(C(=O)Nc2ccc3c(c2)C(=O)NC3=O)no1. The van der Waals surface area contributed by atoms with Crippen LogP contribution in [0, 0.1) is 6.92 Å². The molecule has 7 nitrogen and oxygen atoms in total. The molecule has 1 aromatic heterocycles. The maximum absolute atomic E-state index is 11.9. The molecule has 1 aliphatic heterocycles. The second kappa shape index (κ2) is 4.30. The monoisotopic (exact) mass is 271 g/mol. The molecule has 0 spiro atoms. The number of carbonyl (C=O) groups excluding carboxylic acids is 3. The predicted octanol–water partition coefficient (Wildman–Crippen LogP) is 1.12. The van der Waals surface area contributed by atoms with E-state index in [1.807, 2.05) is 0 Å². The third-order valence-electron chi connectivity index (χ3n) is 2.85. The van der Waals surface area contributed by atoms with Crippen molar-refractivity contribution >= 4 is 23.4 Å². The van der Waals surface area contributed by atoms with Gasteiger partial charge in [-0.15, -0.1) is 0 Å². The molecule has 0 bridgehead atoms. The van der Waals surface area contributed by atoms with Crippen LogP contribution in [-0.4, -0.2) is 22.9 Å². The van der Waals surface area contributed by atoms with Crippen molar-refractivity contribution in [1.29, 1.82) is 0 Å². The van der Waals surface area contributed by atoms with E-state index in [0.29, 0.717) is 17.0 Å². The molecule has 1 aliphatic rings. The molecule has 2 heterocycles. The molecule has 20 heavy (non-hydrogen) atoms. The molecule has 1 aromatic carbocycles. The highest BCUT2D eigenvalue weighted by Crippen LogP contribution is 2.20. The summed E-state index contributed by atoms with van der Waals surface area (Å²) >= 11 is 0. The topological polar surface area (TPSA) is 101 Å². The molecular formula is C13H9N3O4. The van der Waals surface area contributed by atoms with Gasteiger partial charge in [0.25, 0.3) is 17.7 Å². The Morgan fingerprint density at radius 1 is 1.20 bits per heavy atom. The molecule has 3 amide bonds. The number of hydrogen-bond donors (Lipinski definition) is 2. The maximum atomic E-state index is 11.9.